The van der Waals surface area contributed by atoms with Crippen molar-refractivity contribution in [3.63, 3.8) is 0 Å². The minimum atomic E-state index is 0.837. The first kappa shape index (κ1) is 11.1. The summed E-state index contributed by atoms with van der Waals surface area (Å²) in [6.07, 6.45) is 4.69. The second-order valence-corrected chi connectivity index (χ2v) is 3.60. The van der Waals surface area contributed by atoms with Gasteiger partial charge in [-0.3, -0.25) is 0 Å². The van der Waals surface area contributed by atoms with Gasteiger partial charge in [0.05, 0.1) is 6.61 Å². The van der Waals surface area contributed by atoms with E-state index in [1.54, 1.807) is 0 Å². The first-order valence-corrected chi connectivity index (χ1v) is 5.58. The lowest BCUT2D eigenvalue weighted by molar-refractivity contribution is 0.309. The van der Waals surface area contributed by atoms with Crippen molar-refractivity contribution < 1.29 is 4.74 Å². The van der Waals surface area contributed by atoms with Gasteiger partial charge in [-0.05, 0) is 30.5 Å². The van der Waals surface area contributed by atoms with Crippen LogP contribution in [0.2, 0.25) is 0 Å². The SMILES string of the molecule is CCCCOc1ccc(CCC)cc1. The maximum absolute atomic E-state index is 5.58. The molecule has 14 heavy (non-hydrogen) atoms. The molecule has 0 unspecified atom stereocenters. The van der Waals surface area contributed by atoms with Crippen LogP contribution in [0.4, 0.5) is 0 Å². The average Bonchev–Trinajstić information content (AvgIpc) is 2.21. The minimum absolute atomic E-state index is 0.837. The number of unbranched alkanes of at least 4 members (excludes halogenated alkanes) is 1. The molecule has 0 spiro atoms. The Morgan fingerprint density at radius 3 is 2.29 bits per heavy atom. The van der Waals surface area contributed by atoms with E-state index in [0.29, 0.717) is 0 Å². The molecule has 0 saturated heterocycles. The number of ether oxygens (including phenoxy) is 1. The first-order valence-electron chi connectivity index (χ1n) is 5.58. The van der Waals surface area contributed by atoms with E-state index < -0.39 is 0 Å². The monoisotopic (exact) mass is 192 g/mol. The van der Waals surface area contributed by atoms with Crippen molar-refractivity contribution in [3.8, 4) is 5.75 Å². The van der Waals surface area contributed by atoms with E-state index >= 15 is 0 Å². The van der Waals surface area contributed by atoms with E-state index in [2.05, 4.69) is 38.1 Å². The van der Waals surface area contributed by atoms with E-state index in [0.717, 1.165) is 25.2 Å². The Balaban J connectivity index is 2.38. The fraction of sp³-hybridized carbons (Fsp3) is 0.538. The molecule has 1 heteroatoms. The summed E-state index contributed by atoms with van der Waals surface area (Å²) in [5.41, 5.74) is 1.40. The van der Waals surface area contributed by atoms with E-state index in [9.17, 15) is 0 Å². The van der Waals surface area contributed by atoms with Crippen molar-refractivity contribution in [2.24, 2.45) is 0 Å². The third kappa shape index (κ3) is 3.82. The van der Waals surface area contributed by atoms with Gasteiger partial charge in [-0.1, -0.05) is 38.8 Å². The summed E-state index contributed by atoms with van der Waals surface area (Å²) in [7, 11) is 0. The molecule has 0 fully saturated rings. The number of benzene rings is 1. The molecular formula is C13H20O. The average molecular weight is 192 g/mol. The Kier molecular flexibility index (Phi) is 5.13. The smallest absolute Gasteiger partial charge is 0.119 e. The van der Waals surface area contributed by atoms with E-state index in [-0.39, 0.29) is 0 Å². The van der Waals surface area contributed by atoms with Gasteiger partial charge in [-0.25, -0.2) is 0 Å². The minimum Gasteiger partial charge on any atom is -0.494 e. The quantitative estimate of drug-likeness (QED) is 0.623. The van der Waals surface area contributed by atoms with Gasteiger partial charge in [0.25, 0.3) is 0 Å². The maximum Gasteiger partial charge on any atom is 0.119 e. The van der Waals surface area contributed by atoms with Crippen molar-refractivity contribution in [1.82, 2.24) is 0 Å². The van der Waals surface area contributed by atoms with Crippen molar-refractivity contribution in [1.29, 1.82) is 0 Å². The first-order chi connectivity index (χ1) is 6.86. The lowest BCUT2D eigenvalue weighted by Crippen LogP contribution is -1.96. The normalized spacial score (nSPS) is 10.1. The molecule has 0 heterocycles. The molecule has 1 nitrogen and oxygen atoms in total. The molecular weight excluding hydrogens is 172 g/mol. The van der Waals surface area contributed by atoms with Crippen LogP contribution in [-0.4, -0.2) is 6.61 Å². The molecule has 0 radical (unpaired) electrons. The highest BCUT2D eigenvalue weighted by atomic mass is 16.5. The second-order valence-electron chi connectivity index (χ2n) is 3.60. The van der Waals surface area contributed by atoms with Gasteiger partial charge in [-0.15, -0.1) is 0 Å². The van der Waals surface area contributed by atoms with Crippen molar-refractivity contribution in [2.45, 2.75) is 39.5 Å². The highest BCUT2D eigenvalue weighted by molar-refractivity contribution is 5.27. The van der Waals surface area contributed by atoms with Gasteiger partial charge in [0.2, 0.25) is 0 Å². The molecule has 0 aromatic heterocycles. The summed E-state index contributed by atoms with van der Waals surface area (Å²) >= 11 is 0. The summed E-state index contributed by atoms with van der Waals surface area (Å²) < 4.78 is 5.58. The van der Waals surface area contributed by atoms with E-state index in [1.807, 2.05) is 0 Å². The molecule has 0 saturated carbocycles. The predicted octanol–water partition coefficient (Wildman–Crippen LogP) is 3.82. The van der Waals surface area contributed by atoms with Crippen LogP contribution in [0.5, 0.6) is 5.75 Å². The molecule has 78 valence electrons. The lowest BCUT2D eigenvalue weighted by atomic mass is 10.1. The van der Waals surface area contributed by atoms with Crippen molar-refractivity contribution >= 4 is 0 Å². The Labute approximate surface area is 87.1 Å². The highest BCUT2D eigenvalue weighted by Crippen LogP contribution is 2.13. The van der Waals surface area contributed by atoms with Crippen LogP contribution in [0.25, 0.3) is 0 Å². The van der Waals surface area contributed by atoms with Crippen LogP contribution in [0.1, 0.15) is 38.7 Å². The summed E-state index contributed by atoms with van der Waals surface area (Å²) in [5, 5.41) is 0. The zero-order valence-corrected chi connectivity index (χ0v) is 9.25. The van der Waals surface area contributed by atoms with Crippen molar-refractivity contribution in [3.05, 3.63) is 29.8 Å². The van der Waals surface area contributed by atoms with Crippen LogP contribution in [0.15, 0.2) is 24.3 Å². The molecule has 0 aliphatic heterocycles. The second kappa shape index (κ2) is 6.47. The van der Waals surface area contributed by atoms with Gasteiger partial charge in [0, 0.05) is 0 Å². The summed E-state index contributed by atoms with van der Waals surface area (Å²) in [5.74, 6) is 0.998. The molecule has 0 aliphatic rings. The molecule has 1 aromatic rings. The fourth-order valence-corrected chi connectivity index (χ4v) is 1.38. The van der Waals surface area contributed by atoms with Crippen LogP contribution in [0.3, 0.4) is 0 Å². The summed E-state index contributed by atoms with van der Waals surface area (Å²) in [6.45, 7) is 5.21. The van der Waals surface area contributed by atoms with Crippen molar-refractivity contribution in [2.75, 3.05) is 6.61 Å². The molecule has 0 bridgehead atoms. The zero-order chi connectivity index (χ0) is 10.2. The van der Waals surface area contributed by atoms with Gasteiger partial charge >= 0.3 is 0 Å². The Morgan fingerprint density at radius 2 is 1.71 bits per heavy atom. The van der Waals surface area contributed by atoms with Gasteiger partial charge in [0.1, 0.15) is 5.75 Å². The topological polar surface area (TPSA) is 9.23 Å². The summed E-state index contributed by atoms with van der Waals surface area (Å²) in [6, 6.07) is 8.46. The van der Waals surface area contributed by atoms with Gasteiger partial charge < -0.3 is 4.74 Å². The standard InChI is InChI=1S/C13H20O/c1-3-5-11-14-13-9-7-12(6-4-2)8-10-13/h7-10H,3-6,11H2,1-2H3. The van der Waals surface area contributed by atoms with Gasteiger partial charge in [-0.2, -0.15) is 0 Å². The third-order valence-electron chi connectivity index (χ3n) is 2.23. The molecule has 0 amide bonds. The Hall–Kier alpha value is -0.980. The Morgan fingerprint density at radius 1 is 1.00 bits per heavy atom. The number of rotatable bonds is 6. The van der Waals surface area contributed by atoms with Crippen LogP contribution in [-0.2, 0) is 6.42 Å². The van der Waals surface area contributed by atoms with Crippen LogP contribution < -0.4 is 4.74 Å². The predicted molar refractivity (Wildman–Crippen MR) is 60.8 cm³/mol. The van der Waals surface area contributed by atoms with Crippen LogP contribution in [0, 0.1) is 0 Å². The zero-order valence-electron chi connectivity index (χ0n) is 9.25. The third-order valence-corrected chi connectivity index (χ3v) is 2.23. The van der Waals surface area contributed by atoms with Gasteiger partial charge in [0.15, 0.2) is 0 Å². The largest absolute Gasteiger partial charge is 0.494 e. The Bertz CT molecular complexity index is 238. The molecule has 1 aromatic carbocycles. The number of hydrogen-bond donors (Lipinski definition) is 0. The molecule has 0 N–H and O–H groups in total. The number of aryl methyl sites for hydroxylation is 1. The highest BCUT2D eigenvalue weighted by Gasteiger charge is 1.94. The van der Waals surface area contributed by atoms with Crippen LogP contribution >= 0.6 is 0 Å². The molecule has 1 rings (SSSR count). The maximum atomic E-state index is 5.58. The fourth-order valence-electron chi connectivity index (χ4n) is 1.38. The van der Waals surface area contributed by atoms with E-state index in [1.165, 1.54) is 18.4 Å². The van der Waals surface area contributed by atoms with E-state index in [4.69, 9.17) is 4.74 Å². The number of hydrogen-bond acceptors (Lipinski definition) is 1. The molecule has 0 atom stereocenters. The lowest BCUT2D eigenvalue weighted by Gasteiger charge is -2.05. The summed E-state index contributed by atoms with van der Waals surface area (Å²) in [4.78, 5) is 0. The molecule has 0 aliphatic carbocycles.